The monoisotopic (exact) mass is 306 g/mol. The summed E-state index contributed by atoms with van der Waals surface area (Å²) in [6.45, 7) is -0.345. The Labute approximate surface area is 117 Å². The second-order valence-corrected chi connectivity index (χ2v) is 7.28. The lowest BCUT2D eigenvalue weighted by Crippen LogP contribution is -2.23. The maximum absolute atomic E-state index is 12.0. The minimum Gasteiger partial charge on any atom is -0.397 e. The Morgan fingerprint density at radius 1 is 1.42 bits per heavy atom. The molecule has 1 rings (SSSR count). The molecule has 0 heterocycles. The lowest BCUT2D eigenvalue weighted by molar-refractivity contribution is 0.113. The number of rotatable bonds is 6. The third-order valence-corrected chi connectivity index (χ3v) is 5.52. The molecule has 1 atom stereocenters. The van der Waals surface area contributed by atoms with E-state index in [1.54, 1.807) is 12.1 Å². The van der Waals surface area contributed by atoms with Gasteiger partial charge in [-0.2, -0.15) is 0 Å². The number of anilines is 1. The van der Waals surface area contributed by atoms with E-state index in [-0.39, 0.29) is 22.9 Å². The molecule has 1 unspecified atom stereocenters. The summed E-state index contributed by atoms with van der Waals surface area (Å²) in [6.07, 6.45) is -0.862. The predicted octanol–water partition coefficient (Wildman–Crippen LogP) is -0.0356. The topological polar surface area (TPSA) is 104 Å². The molecule has 19 heavy (non-hydrogen) atoms. The van der Waals surface area contributed by atoms with E-state index in [4.69, 9.17) is 10.8 Å². The molecule has 0 spiro atoms. The number of nitrogens with two attached hydrogens (primary N) is 1. The summed E-state index contributed by atoms with van der Waals surface area (Å²) < 4.78 is 25.2. The van der Waals surface area contributed by atoms with Gasteiger partial charge in [-0.1, -0.05) is 6.07 Å². The zero-order valence-corrected chi connectivity index (χ0v) is 12.4. The lowest BCUT2D eigenvalue weighted by Gasteiger charge is -2.15. The van der Waals surface area contributed by atoms with E-state index >= 15 is 0 Å². The lowest BCUT2D eigenvalue weighted by atomic mass is 10.3. The molecule has 8 heteroatoms. The fourth-order valence-electron chi connectivity index (χ4n) is 1.31. The van der Waals surface area contributed by atoms with Crippen LogP contribution in [0.5, 0.6) is 0 Å². The number of sulfonamides is 1. The van der Waals surface area contributed by atoms with E-state index < -0.39 is 16.1 Å². The normalized spacial score (nSPS) is 13.7. The number of nitrogen functional groups attached to an aromatic ring is 1. The Morgan fingerprint density at radius 2 is 2.05 bits per heavy atom. The average Bonchev–Trinajstić information content (AvgIpc) is 2.36. The fourth-order valence-corrected chi connectivity index (χ4v) is 3.32. The van der Waals surface area contributed by atoms with Gasteiger partial charge in [-0.15, -0.1) is 11.8 Å². The third-order valence-electron chi connectivity index (χ3n) is 2.43. The van der Waals surface area contributed by atoms with E-state index in [9.17, 15) is 13.5 Å². The summed E-state index contributed by atoms with van der Waals surface area (Å²) in [4.78, 5) is 0.608. The minimum atomic E-state index is -3.59. The highest BCUT2D eigenvalue weighted by molar-refractivity contribution is 7.99. The van der Waals surface area contributed by atoms with E-state index in [0.29, 0.717) is 4.90 Å². The third kappa shape index (κ3) is 3.83. The van der Waals surface area contributed by atoms with Gasteiger partial charge >= 0.3 is 0 Å². The zero-order valence-electron chi connectivity index (χ0n) is 10.8. The number of aliphatic hydroxyl groups is 2. The summed E-state index contributed by atoms with van der Waals surface area (Å²) >= 11 is 1.20. The van der Waals surface area contributed by atoms with Crippen LogP contribution in [-0.4, -0.2) is 55.5 Å². The number of nitrogens with zero attached hydrogens (tertiary/aromatic N) is 1. The first-order valence-electron chi connectivity index (χ1n) is 5.53. The molecule has 0 bridgehead atoms. The van der Waals surface area contributed by atoms with Crippen LogP contribution in [0.25, 0.3) is 0 Å². The van der Waals surface area contributed by atoms with Crippen LogP contribution in [0.2, 0.25) is 0 Å². The molecule has 0 aliphatic rings. The van der Waals surface area contributed by atoms with E-state index in [1.807, 2.05) is 0 Å². The van der Waals surface area contributed by atoms with Crippen molar-refractivity contribution in [1.82, 2.24) is 4.31 Å². The van der Waals surface area contributed by atoms with Crippen LogP contribution in [0.15, 0.2) is 28.0 Å². The van der Waals surface area contributed by atoms with Crippen molar-refractivity contribution in [1.29, 1.82) is 0 Å². The first-order chi connectivity index (χ1) is 8.80. The maximum Gasteiger partial charge on any atom is 0.244 e. The van der Waals surface area contributed by atoms with Crippen molar-refractivity contribution >= 4 is 27.5 Å². The Balaban J connectivity index is 3.06. The van der Waals surface area contributed by atoms with Gasteiger partial charge in [0.25, 0.3) is 0 Å². The largest absolute Gasteiger partial charge is 0.397 e. The molecule has 0 amide bonds. The number of thioether (sulfide) groups is 1. The molecule has 0 saturated carbocycles. The van der Waals surface area contributed by atoms with Gasteiger partial charge < -0.3 is 15.9 Å². The van der Waals surface area contributed by atoms with Crippen molar-refractivity contribution < 1.29 is 18.6 Å². The van der Waals surface area contributed by atoms with Crippen molar-refractivity contribution in [3.63, 3.8) is 0 Å². The van der Waals surface area contributed by atoms with Gasteiger partial charge in [-0.05, 0) is 12.1 Å². The van der Waals surface area contributed by atoms with Gasteiger partial charge in [-0.3, -0.25) is 0 Å². The van der Waals surface area contributed by atoms with Gasteiger partial charge in [0.15, 0.2) is 0 Å². The zero-order chi connectivity index (χ0) is 14.6. The van der Waals surface area contributed by atoms with Crippen LogP contribution in [-0.2, 0) is 10.0 Å². The number of aliphatic hydroxyl groups excluding tert-OH is 2. The molecule has 6 nitrogen and oxygen atoms in total. The Hall–Kier alpha value is -0.800. The molecule has 4 N–H and O–H groups in total. The highest BCUT2D eigenvalue weighted by Crippen LogP contribution is 2.31. The molecule has 0 fully saturated rings. The quantitative estimate of drug-likeness (QED) is 0.503. The van der Waals surface area contributed by atoms with Crippen LogP contribution < -0.4 is 5.73 Å². The molecule has 108 valence electrons. The van der Waals surface area contributed by atoms with E-state index in [0.717, 1.165) is 4.31 Å². The SMILES string of the molecule is CN(C)S(=O)(=O)c1cccc(SCC(O)CO)c1N. The summed E-state index contributed by atoms with van der Waals surface area (Å²) in [5, 5.41) is 18.0. The molecule has 0 saturated heterocycles. The number of hydrogen-bond donors (Lipinski definition) is 3. The highest BCUT2D eigenvalue weighted by atomic mass is 32.2. The van der Waals surface area contributed by atoms with Crippen LogP contribution in [0.1, 0.15) is 0 Å². The molecular weight excluding hydrogens is 288 g/mol. The van der Waals surface area contributed by atoms with Crippen molar-refractivity contribution in [3.05, 3.63) is 18.2 Å². The summed E-state index contributed by atoms with van der Waals surface area (Å²) in [7, 11) is -0.722. The van der Waals surface area contributed by atoms with E-state index in [1.165, 1.54) is 31.9 Å². The Morgan fingerprint density at radius 3 is 2.58 bits per heavy atom. The van der Waals surface area contributed by atoms with Crippen LogP contribution in [0.3, 0.4) is 0 Å². The van der Waals surface area contributed by atoms with Crippen LogP contribution in [0, 0.1) is 0 Å². The van der Waals surface area contributed by atoms with E-state index in [2.05, 4.69) is 0 Å². The van der Waals surface area contributed by atoms with Crippen molar-refractivity contribution in [2.24, 2.45) is 0 Å². The van der Waals surface area contributed by atoms with Gasteiger partial charge in [0, 0.05) is 24.7 Å². The number of benzene rings is 1. The van der Waals surface area contributed by atoms with Gasteiger partial charge in [-0.25, -0.2) is 12.7 Å². The molecule has 0 radical (unpaired) electrons. The second-order valence-electron chi connectivity index (χ2n) is 4.10. The molecule has 0 aromatic heterocycles. The molecule has 1 aromatic rings. The first kappa shape index (κ1) is 16.3. The standard InChI is InChI=1S/C11H18N2O4S2/c1-13(2)19(16,17)10-5-3-4-9(11(10)12)18-7-8(15)6-14/h3-5,8,14-15H,6-7,12H2,1-2H3. The molecule has 0 aliphatic heterocycles. The smallest absolute Gasteiger partial charge is 0.244 e. The van der Waals surface area contributed by atoms with Crippen LogP contribution in [0.4, 0.5) is 5.69 Å². The highest BCUT2D eigenvalue weighted by Gasteiger charge is 2.21. The van der Waals surface area contributed by atoms with Gasteiger partial charge in [0.2, 0.25) is 10.0 Å². The average molecular weight is 306 g/mol. The van der Waals surface area contributed by atoms with Crippen molar-refractivity contribution in [2.75, 3.05) is 32.2 Å². The summed E-state index contributed by atoms with van der Waals surface area (Å²) in [5.74, 6) is 0.242. The summed E-state index contributed by atoms with van der Waals surface area (Å²) in [5.41, 5.74) is 6.02. The summed E-state index contributed by atoms with van der Waals surface area (Å²) in [6, 6.07) is 4.72. The Kier molecular flexibility index (Phi) is 5.63. The maximum atomic E-state index is 12.0. The molecule has 0 aliphatic carbocycles. The molecular formula is C11H18N2O4S2. The first-order valence-corrected chi connectivity index (χ1v) is 7.96. The van der Waals surface area contributed by atoms with Gasteiger partial charge in [0.1, 0.15) is 4.90 Å². The van der Waals surface area contributed by atoms with Crippen molar-refractivity contribution in [2.45, 2.75) is 15.9 Å². The fraction of sp³-hybridized carbons (Fsp3) is 0.455. The van der Waals surface area contributed by atoms with Crippen LogP contribution >= 0.6 is 11.8 Å². The second kappa shape index (κ2) is 6.58. The minimum absolute atomic E-state index is 0.0426. The van der Waals surface area contributed by atoms with Gasteiger partial charge in [0.05, 0.1) is 18.4 Å². The Bertz CT molecular complexity index is 531. The number of para-hydroxylation sites is 1. The molecule has 1 aromatic carbocycles. The predicted molar refractivity (Wildman–Crippen MR) is 75.5 cm³/mol. The number of hydrogen-bond acceptors (Lipinski definition) is 6. The van der Waals surface area contributed by atoms with Crippen molar-refractivity contribution in [3.8, 4) is 0 Å².